The summed E-state index contributed by atoms with van der Waals surface area (Å²) >= 11 is 0. The summed E-state index contributed by atoms with van der Waals surface area (Å²) in [5.41, 5.74) is 6.98. The fraction of sp³-hybridized carbons (Fsp3) is 0.600. The highest BCUT2D eigenvalue weighted by Gasteiger charge is 2.25. The number of nitrogens with zero attached hydrogens (tertiary/aromatic N) is 3. The van der Waals surface area contributed by atoms with Gasteiger partial charge in [0.2, 0.25) is 11.8 Å². The zero-order chi connectivity index (χ0) is 16.1. The van der Waals surface area contributed by atoms with E-state index in [2.05, 4.69) is 15.3 Å². The van der Waals surface area contributed by atoms with Crippen molar-refractivity contribution in [1.82, 2.24) is 20.2 Å². The third kappa shape index (κ3) is 4.77. The van der Waals surface area contributed by atoms with Crippen molar-refractivity contribution in [1.29, 1.82) is 0 Å². The number of hydrogen-bond donors (Lipinski definition) is 2. The Bertz CT molecular complexity index is 533. The van der Waals surface area contributed by atoms with Gasteiger partial charge in [0.25, 0.3) is 0 Å². The molecule has 0 aromatic carbocycles. The lowest BCUT2D eigenvalue weighted by atomic mass is 9.96. The number of nitrogens with two attached hydrogens (primary N) is 1. The number of aryl methyl sites for hydroxylation is 2. The van der Waals surface area contributed by atoms with Crippen molar-refractivity contribution in [2.45, 2.75) is 33.2 Å². The summed E-state index contributed by atoms with van der Waals surface area (Å²) in [7, 11) is 0. The zero-order valence-corrected chi connectivity index (χ0v) is 13.1. The summed E-state index contributed by atoms with van der Waals surface area (Å²) in [6.45, 7) is 5.89. The first kappa shape index (κ1) is 16.4. The minimum atomic E-state index is -0.324. The van der Waals surface area contributed by atoms with E-state index in [4.69, 9.17) is 5.73 Å². The Labute approximate surface area is 130 Å². The lowest BCUT2D eigenvalue weighted by Crippen LogP contribution is -2.43. The molecule has 1 aromatic heterocycles. The van der Waals surface area contributed by atoms with Crippen LogP contribution in [-0.4, -0.2) is 46.3 Å². The number of carbonyl (C=O) groups is 2. The van der Waals surface area contributed by atoms with Crippen LogP contribution in [0.15, 0.2) is 6.07 Å². The van der Waals surface area contributed by atoms with Crippen LogP contribution in [0.25, 0.3) is 0 Å². The molecular formula is C15H23N5O2. The fourth-order valence-electron chi connectivity index (χ4n) is 2.76. The highest BCUT2D eigenvalue weighted by Crippen LogP contribution is 2.17. The number of aromatic nitrogens is 2. The molecule has 2 heterocycles. The summed E-state index contributed by atoms with van der Waals surface area (Å²) in [5.74, 6) is 0.323. The Morgan fingerprint density at radius 2 is 1.86 bits per heavy atom. The van der Waals surface area contributed by atoms with E-state index in [9.17, 15) is 9.59 Å². The first-order valence-electron chi connectivity index (χ1n) is 7.53. The van der Waals surface area contributed by atoms with Gasteiger partial charge in [0.1, 0.15) is 5.82 Å². The van der Waals surface area contributed by atoms with Crippen LogP contribution in [0.4, 0.5) is 0 Å². The van der Waals surface area contributed by atoms with E-state index >= 15 is 0 Å². The molecule has 1 aliphatic heterocycles. The van der Waals surface area contributed by atoms with Gasteiger partial charge in [-0.25, -0.2) is 9.97 Å². The van der Waals surface area contributed by atoms with E-state index in [0.717, 1.165) is 37.3 Å². The molecule has 1 aliphatic rings. The van der Waals surface area contributed by atoms with Gasteiger partial charge in [0, 0.05) is 17.3 Å². The summed E-state index contributed by atoms with van der Waals surface area (Å²) in [6, 6.07) is 1.90. The largest absolute Gasteiger partial charge is 0.369 e. The lowest BCUT2D eigenvalue weighted by molar-refractivity contribution is -0.126. The normalized spacial score (nSPS) is 16.5. The smallest absolute Gasteiger partial charge is 0.231 e. The minimum absolute atomic E-state index is 0.0185. The van der Waals surface area contributed by atoms with Crippen LogP contribution in [0.1, 0.15) is 30.1 Å². The van der Waals surface area contributed by atoms with Crippen LogP contribution in [0.3, 0.4) is 0 Å². The van der Waals surface area contributed by atoms with Crippen molar-refractivity contribution in [3.8, 4) is 0 Å². The van der Waals surface area contributed by atoms with E-state index in [1.165, 1.54) is 0 Å². The number of likely N-dealkylation sites (tertiary alicyclic amines) is 1. The molecule has 0 radical (unpaired) electrons. The van der Waals surface area contributed by atoms with E-state index in [0.29, 0.717) is 12.4 Å². The molecule has 120 valence electrons. The van der Waals surface area contributed by atoms with Crippen molar-refractivity contribution >= 4 is 11.8 Å². The van der Waals surface area contributed by atoms with E-state index < -0.39 is 0 Å². The molecule has 22 heavy (non-hydrogen) atoms. The van der Waals surface area contributed by atoms with Crippen molar-refractivity contribution < 1.29 is 9.59 Å². The Hall–Kier alpha value is -2.02. The molecule has 1 aromatic rings. The summed E-state index contributed by atoms with van der Waals surface area (Å²) in [6.07, 6.45) is 1.49. The molecule has 0 unspecified atom stereocenters. The van der Waals surface area contributed by atoms with Crippen LogP contribution in [0, 0.1) is 19.8 Å². The minimum Gasteiger partial charge on any atom is -0.369 e. The van der Waals surface area contributed by atoms with Gasteiger partial charge in [-0.15, -0.1) is 0 Å². The SMILES string of the molecule is Cc1cc(C)nc(CNC(=O)C2CCN(CC(N)=O)CC2)n1. The quantitative estimate of drug-likeness (QED) is 0.791. The molecule has 0 aliphatic carbocycles. The summed E-state index contributed by atoms with van der Waals surface area (Å²) in [5, 5.41) is 2.90. The van der Waals surface area contributed by atoms with Crippen molar-refractivity contribution in [2.24, 2.45) is 11.7 Å². The summed E-state index contributed by atoms with van der Waals surface area (Å²) < 4.78 is 0. The van der Waals surface area contributed by atoms with Gasteiger partial charge in [-0.05, 0) is 45.8 Å². The van der Waals surface area contributed by atoms with Gasteiger partial charge in [-0.2, -0.15) is 0 Å². The second kappa shape index (κ2) is 7.31. The van der Waals surface area contributed by atoms with Gasteiger partial charge in [-0.1, -0.05) is 0 Å². The highest BCUT2D eigenvalue weighted by molar-refractivity contribution is 5.79. The standard InChI is InChI=1S/C15H23N5O2/c1-10-7-11(2)19-14(18-10)8-17-15(22)12-3-5-20(6-4-12)9-13(16)21/h7,12H,3-6,8-9H2,1-2H3,(H2,16,21)(H,17,22). The van der Waals surface area contributed by atoms with Crippen LogP contribution < -0.4 is 11.1 Å². The van der Waals surface area contributed by atoms with E-state index in [1.807, 2.05) is 24.8 Å². The number of rotatable bonds is 5. The average molecular weight is 305 g/mol. The molecule has 0 saturated carbocycles. The topological polar surface area (TPSA) is 101 Å². The molecule has 2 rings (SSSR count). The number of hydrogen-bond acceptors (Lipinski definition) is 5. The lowest BCUT2D eigenvalue weighted by Gasteiger charge is -2.30. The molecule has 2 amide bonds. The van der Waals surface area contributed by atoms with Gasteiger partial charge in [0.05, 0.1) is 13.1 Å². The van der Waals surface area contributed by atoms with Gasteiger partial charge in [-0.3, -0.25) is 14.5 Å². The predicted octanol–water partition coefficient (Wildman–Crippen LogP) is -0.0931. The Morgan fingerprint density at radius 1 is 1.27 bits per heavy atom. The van der Waals surface area contributed by atoms with E-state index in [-0.39, 0.29) is 24.3 Å². The molecule has 7 nitrogen and oxygen atoms in total. The predicted molar refractivity (Wildman–Crippen MR) is 81.7 cm³/mol. The third-order valence-corrected chi connectivity index (χ3v) is 3.79. The van der Waals surface area contributed by atoms with Gasteiger partial charge >= 0.3 is 0 Å². The molecule has 0 atom stereocenters. The van der Waals surface area contributed by atoms with Crippen LogP contribution in [-0.2, 0) is 16.1 Å². The maximum atomic E-state index is 12.2. The fourth-order valence-corrected chi connectivity index (χ4v) is 2.76. The van der Waals surface area contributed by atoms with Crippen LogP contribution in [0.2, 0.25) is 0 Å². The van der Waals surface area contributed by atoms with E-state index in [1.54, 1.807) is 0 Å². The zero-order valence-electron chi connectivity index (χ0n) is 13.1. The molecule has 1 saturated heterocycles. The number of nitrogens with one attached hydrogen (secondary N) is 1. The molecule has 7 heteroatoms. The first-order valence-corrected chi connectivity index (χ1v) is 7.53. The number of piperidine rings is 1. The number of amides is 2. The highest BCUT2D eigenvalue weighted by atomic mass is 16.2. The molecule has 1 fully saturated rings. The van der Waals surface area contributed by atoms with Crippen molar-refractivity contribution in [3.05, 3.63) is 23.3 Å². The van der Waals surface area contributed by atoms with Crippen molar-refractivity contribution in [2.75, 3.05) is 19.6 Å². The molecule has 0 bridgehead atoms. The Balaban J connectivity index is 1.80. The maximum absolute atomic E-state index is 12.2. The average Bonchev–Trinajstić information content (AvgIpc) is 2.44. The molecule has 3 N–H and O–H groups in total. The second-order valence-corrected chi connectivity index (χ2v) is 5.80. The number of carbonyl (C=O) groups excluding carboxylic acids is 2. The first-order chi connectivity index (χ1) is 10.4. The molecule has 0 spiro atoms. The van der Waals surface area contributed by atoms with Gasteiger partial charge < -0.3 is 11.1 Å². The summed E-state index contributed by atoms with van der Waals surface area (Å²) in [4.78, 5) is 33.7. The monoisotopic (exact) mass is 305 g/mol. The maximum Gasteiger partial charge on any atom is 0.231 e. The Kier molecular flexibility index (Phi) is 5.43. The second-order valence-electron chi connectivity index (χ2n) is 5.80. The molecular weight excluding hydrogens is 282 g/mol. The van der Waals surface area contributed by atoms with Gasteiger partial charge in [0.15, 0.2) is 0 Å². The van der Waals surface area contributed by atoms with Crippen LogP contribution >= 0.6 is 0 Å². The Morgan fingerprint density at radius 3 is 2.41 bits per heavy atom. The van der Waals surface area contributed by atoms with Crippen molar-refractivity contribution in [3.63, 3.8) is 0 Å². The number of primary amides is 1. The van der Waals surface area contributed by atoms with Crippen LogP contribution in [0.5, 0.6) is 0 Å². The third-order valence-electron chi connectivity index (χ3n) is 3.79.